The number of carbonyl (C=O) groups excluding carboxylic acids is 1. The molecule has 0 aromatic carbocycles. The molecule has 0 aromatic heterocycles. The Morgan fingerprint density at radius 3 is 2.40 bits per heavy atom. The first-order valence-corrected chi connectivity index (χ1v) is 4.86. The molecule has 1 rings (SSSR count). The van der Waals surface area contributed by atoms with Crippen LogP contribution in [0.1, 0.15) is 6.92 Å². The molecular weight excluding hydrogens is 200 g/mol. The Bertz CT molecular complexity index is 250. The Morgan fingerprint density at radius 1 is 1.40 bits per heavy atom. The number of carbonyl (C=O) groups is 2. The van der Waals surface area contributed by atoms with E-state index in [0.717, 1.165) is 0 Å². The SMILES string of the molecule is CC(C(=O)O)N(C)C(=O)N1CCOCC1. The Morgan fingerprint density at radius 2 is 1.93 bits per heavy atom. The van der Waals surface area contributed by atoms with Gasteiger partial charge in [-0.2, -0.15) is 0 Å². The first kappa shape index (κ1) is 11.8. The van der Waals surface area contributed by atoms with Crippen molar-refractivity contribution in [2.24, 2.45) is 0 Å². The van der Waals surface area contributed by atoms with E-state index in [1.54, 1.807) is 4.90 Å². The van der Waals surface area contributed by atoms with Gasteiger partial charge in [-0.3, -0.25) is 0 Å². The van der Waals surface area contributed by atoms with Crippen LogP contribution in [0.5, 0.6) is 0 Å². The van der Waals surface area contributed by atoms with Gasteiger partial charge in [-0.25, -0.2) is 9.59 Å². The Kier molecular flexibility index (Phi) is 3.90. The Hall–Kier alpha value is -1.30. The lowest BCUT2D eigenvalue weighted by Crippen LogP contribution is -2.51. The van der Waals surface area contributed by atoms with Crippen LogP contribution in [-0.2, 0) is 9.53 Å². The molecule has 0 bridgehead atoms. The van der Waals surface area contributed by atoms with Gasteiger partial charge in [-0.05, 0) is 6.92 Å². The molecule has 1 aliphatic heterocycles. The largest absolute Gasteiger partial charge is 0.480 e. The van der Waals surface area contributed by atoms with Crippen LogP contribution in [-0.4, -0.2) is 66.3 Å². The van der Waals surface area contributed by atoms with E-state index in [9.17, 15) is 9.59 Å². The van der Waals surface area contributed by atoms with E-state index < -0.39 is 12.0 Å². The molecule has 2 amide bonds. The number of hydrogen-bond acceptors (Lipinski definition) is 3. The van der Waals surface area contributed by atoms with E-state index in [0.29, 0.717) is 26.3 Å². The summed E-state index contributed by atoms with van der Waals surface area (Å²) in [6, 6.07) is -1.06. The number of ether oxygens (including phenoxy) is 1. The molecule has 0 aliphatic carbocycles. The zero-order chi connectivity index (χ0) is 11.4. The van der Waals surface area contributed by atoms with Gasteiger partial charge >= 0.3 is 12.0 Å². The summed E-state index contributed by atoms with van der Waals surface area (Å²) in [5.41, 5.74) is 0. The second-order valence-electron chi connectivity index (χ2n) is 3.51. The molecule has 1 atom stereocenters. The zero-order valence-electron chi connectivity index (χ0n) is 8.97. The van der Waals surface area contributed by atoms with E-state index in [4.69, 9.17) is 9.84 Å². The van der Waals surface area contributed by atoms with E-state index in [1.807, 2.05) is 0 Å². The lowest BCUT2D eigenvalue weighted by molar-refractivity contribution is -0.141. The first-order valence-electron chi connectivity index (χ1n) is 4.86. The van der Waals surface area contributed by atoms with Crippen molar-refractivity contribution < 1.29 is 19.4 Å². The smallest absolute Gasteiger partial charge is 0.326 e. The number of carboxylic acids is 1. The molecule has 6 heteroatoms. The van der Waals surface area contributed by atoms with Gasteiger partial charge < -0.3 is 19.6 Å². The second-order valence-corrected chi connectivity index (χ2v) is 3.51. The normalized spacial score (nSPS) is 18.4. The van der Waals surface area contributed by atoms with Gasteiger partial charge in [-0.15, -0.1) is 0 Å². The van der Waals surface area contributed by atoms with E-state index >= 15 is 0 Å². The first-order chi connectivity index (χ1) is 7.04. The Labute approximate surface area is 88.4 Å². The third-order valence-electron chi connectivity index (χ3n) is 2.52. The summed E-state index contributed by atoms with van der Waals surface area (Å²) in [4.78, 5) is 25.3. The zero-order valence-corrected chi connectivity index (χ0v) is 8.97. The molecule has 6 nitrogen and oxygen atoms in total. The highest BCUT2D eigenvalue weighted by molar-refractivity contribution is 5.82. The van der Waals surface area contributed by atoms with Crippen LogP contribution in [0.4, 0.5) is 4.79 Å². The maximum atomic E-state index is 11.8. The summed E-state index contributed by atoms with van der Waals surface area (Å²) in [5, 5.41) is 8.76. The average Bonchev–Trinajstić information content (AvgIpc) is 2.27. The van der Waals surface area contributed by atoms with Crippen LogP contribution < -0.4 is 0 Å². The van der Waals surface area contributed by atoms with Gasteiger partial charge in [0, 0.05) is 20.1 Å². The third-order valence-corrected chi connectivity index (χ3v) is 2.52. The lowest BCUT2D eigenvalue weighted by atomic mass is 10.3. The third kappa shape index (κ3) is 2.82. The minimum Gasteiger partial charge on any atom is -0.480 e. The van der Waals surface area contributed by atoms with Gasteiger partial charge in [0.15, 0.2) is 0 Å². The number of likely N-dealkylation sites (N-methyl/N-ethyl adjacent to an activating group) is 1. The summed E-state index contributed by atoms with van der Waals surface area (Å²) in [6.45, 7) is 3.56. The molecule has 1 N–H and O–H groups in total. The maximum Gasteiger partial charge on any atom is 0.326 e. The van der Waals surface area contributed by atoms with Crippen molar-refractivity contribution in [3.63, 3.8) is 0 Å². The van der Waals surface area contributed by atoms with Crippen LogP contribution >= 0.6 is 0 Å². The summed E-state index contributed by atoms with van der Waals surface area (Å²) >= 11 is 0. The van der Waals surface area contributed by atoms with Crippen LogP contribution in [0.25, 0.3) is 0 Å². The predicted octanol–water partition coefficient (Wildman–Crippen LogP) is -0.156. The van der Waals surface area contributed by atoms with Crippen LogP contribution in [0, 0.1) is 0 Å². The molecule has 1 unspecified atom stereocenters. The van der Waals surface area contributed by atoms with Crippen molar-refractivity contribution in [3.8, 4) is 0 Å². The lowest BCUT2D eigenvalue weighted by Gasteiger charge is -2.32. The molecule has 0 aromatic rings. The fourth-order valence-electron chi connectivity index (χ4n) is 1.31. The van der Waals surface area contributed by atoms with Crippen molar-refractivity contribution in [1.29, 1.82) is 0 Å². The molecular formula is C9H16N2O4. The molecule has 0 saturated carbocycles. The van der Waals surface area contributed by atoms with Gasteiger partial charge in [0.2, 0.25) is 0 Å². The number of hydrogen-bond donors (Lipinski definition) is 1. The summed E-state index contributed by atoms with van der Waals surface area (Å²) in [7, 11) is 1.50. The molecule has 1 aliphatic rings. The monoisotopic (exact) mass is 216 g/mol. The van der Waals surface area contributed by atoms with Crippen molar-refractivity contribution in [2.45, 2.75) is 13.0 Å². The van der Waals surface area contributed by atoms with Crippen molar-refractivity contribution >= 4 is 12.0 Å². The molecule has 1 fully saturated rings. The van der Waals surface area contributed by atoms with Gasteiger partial charge in [0.05, 0.1) is 13.2 Å². The number of morpholine rings is 1. The van der Waals surface area contributed by atoms with Crippen LogP contribution in [0.3, 0.4) is 0 Å². The summed E-state index contributed by atoms with van der Waals surface area (Å²) < 4.78 is 5.11. The highest BCUT2D eigenvalue weighted by atomic mass is 16.5. The van der Waals surface area contributed by atoms with E-state index in [2.05, 4.69) is 0 Å². The summed E-state index contributed by atoms with van der Waals surface area (Å²) in [5.74, 6) is -1.00. The highest BCUT2D eigenvalue weighted by Gasteiger charge is 2.26. The number of nitrogens with zero attached hydrogens (tertiary/aromatic N) is 2. The van der Waals surface area contributed by atoms with Gasteiger partial charge in [0.1, 0.15) is 6.04 Å². The standard InChI is InChI=1S/C9H16N2O4/c1-7(8(12)13)10(2)9(14)11-3-5-15-6-4-11/h7H,3-6H2,1-2H3,(H,12,13). The molecule has 0 spiro atoms. The van der Waals surface area contributed by atoms with Crippen LogP contribution in [0.15, 0.2) is 0 Å². The number of amides is 2. The van der Waals surface area contributed by atoms with E-state index in [-0.39, 0.29) is 6.03 Å². The number of urea groups is 1. The Balaban J connectivity index is 2.54. The van der Waals surface area contributed by atoms with Gasteiger partial charge in [-0.1, -0.05) is 0 Å². The number of rotatable bonds is 2. The minimum atomic E-state index is -1.00. The number of aliphatic carboxylic acids is 1. The fourth-order valence-corrected chi connectivity index (χ4v) is 1.31. The molecule has 0 radical (unpaired) electrons. The van der Waals surface area contributed by atoms with Crippen molar-refractivity contribution in [3.05, 3.63) is 0 Å². The maximum absolute atomic E-state index is 11.8. The quantitative estimate of drug-likeness (QED) is 0.696. The molecule has 1 heterocycles. The van der Waals surface area contributed by atoms with Crippen LogP contribution in [0.2, 0.25) is 0 Å². The van der Waals surface area contributed by atoms with Gasteiger partial charge in [0.25, 0.3) is 0 Å². The molecule has 86 valence electrons. The predicted molar refractivity (Wildman–Crippen MR) is 52.6 cm³/mol. The molecule has 1 saturated heterocycles. The number of carboxylic acid groups (broad SMARTS) is 1. The summed E-state index contributed by atoms with van der Waals surface area (Å²) in [6.07, 6.45) is 0. The second kappa shape index (κ2) is 4.97. The van der Waals surface area contributed by atoms with Crippen molar-refractivity contribution in [2.75, 3.05) is 33.4 Å². The highest BCUT2D eigenvalue weighted by Crippen LogP contribution is 2.05. The average molecular weight is 216 g/mol. The fraction of sp³-hybridized carbons (Fsp3) is 0.778. The van der Waals surface area contributed by atoms with E-state index in [1.165, 1.54) is 18.9 Å². The van der Waals surface area contributed by atoms with Crippen molar-refractivity contribution in [1.82, 2.24) is 9.80 Å². The molecule has 15 heavy (non-hydrogen) atoms. The topological polar surface area (TPSA) is 70.1 Å². The minimum absolute atomic E-state index is 0.256.